The number of fused-ring (bicyclic) bond motifs is 1. The van der Waals surface area contributed by atoms with Crippen molar-refractivity contribution in [3.8, 4) is 0 Å². The van der Waals surface area contributed by atoms with E-state index in [-0.39, 0.29) is 0 Å². The molecule has 3 heterocycles. The molecule has 1 fully saturated rings. The predicted octanol–water partition coefficient (Wildman–Crippen LogP) is 0.215. The van der Waals surface area contributed by atoms with E-state index in [0.717, 1.165) is 43.1 Å². The lowest BCUT2D eigenvalue weighted by molar-refractivity contribution is 0.573. The molecule has 0 amide bonds. The first-order valence-electron chi connectivity index (χ1n) is 5.31. The minimum absolute atomic E-state index is 0.294. The molecule has 1 saturated heterocycles. The van der Waals surface area contributed by atoms with Gasteiger partial charge in [0.05, 0.1) is 6.26 Å². The Kier molecular flexibility index (Phi) is 2.14. The molecule has 6 nitrogen and oxygen atoms in total. The zero-order valence-corrected chi connectivity index (χ0v) is 8.81. The number of anilines is 2. The number of nitrogen functional groups attached to an aromatic ring is 1. The molecular weight excluding hydrogens is 206 g/mol. The van der Waals surface area contributed by atoms with Crippen LogP contribution in [0.5, 0.6) is 0 Å². The Morgan fingerprint density at radius 3 is 2.94 bits per heavy atom. The van der Waals surface area contributed by atoms with Crippen LogP contribution >= 0.6 is 0 Å². The van der Waals surface area contributed by atoms with Gasteiger partial charge in [-0.15, -0.1) is 0 Å². The number of rotatable bonds is 1. The first kappa shape index (κ1) is 9.41. The Bertz CT molecular complexity index is 503. The highest BCUT2D eigenvalue weighted by molar-refractivity contribution is 5.85. The van der Waals surface area contributed by atoms with E-state index in [1.54, 1.807) is 12.3 Å². The molecule has 0 atom stereocenters. The fourth-order valence-electron chi connectivity index (χ4n) is 1.96. The van der Waals surface area contributed by atoms with Crippen LogP contribution in [0.2, 0.25) is 0 Å². The zero-order valence-electron chi connectivity index (χ0n) is 8.81. The van der Waals surface area contributed by atoms with E-state index in [1.807, 2.05) is 0 Å². The SMILES string of the molecule is Nc1nc(N2CCNCC2)c2occc2n1. The molecule has 0 radical (unpaired) electrons. The van der Waals surface area contributed by atoms with Crippen molar-refractivity contribution in [2.45, 2.75) is 0 Å². The summed E-state index contributed by atoms with van der Waals surface area (Å²) in [7, 11) is 0. The highest BCUT2D eigenvalue weighted by atomic mass is 16.3. The van der Waals surface area contributed by atoms with E-state index in [4.69, 9.17) is 10.2 Å². The van der Waals surface area contributed by atoms with Gasteiger partial charge in [0.15, 0.2) is 11.4 Å². The fraction of sp³-hybridized carbons (Fsp3) is 0.400. The van der Waals surface area contributed by atoms with Gasteiger partial charge < -0.3 is 20.4 Å². The van der Waals surface area contributed by atoms with Crippen molar-refractivity contribution < 1.29 is 4.42 Å². The summed E-state index contributed by atoms with van der Waals surface area (Å²) in [6.45, 7) is 3.72. The van der Waals surface area contributed by atoms with Gasteiger partial charge in [-0.2, -0.15) is 4.98 Å². The number of nitrogens with zero attached hydrogens (tertiary/aromatic N) is 3. The van der Waals surface area contributed by atoms with Gasteiger partial charge in [0.2, 0.25) is 5.95 Å². The second-order valence-corrected chi connectivity index (χ2v) is 3.78. The lowest BCUT2D eigenvalue weighted by Crippen LogP contribution is -2.44. The van der Waals surface area contributed by atoms with Crippen LogP contribution in [0.1, 0.15) is 0 Å². The normalized spacial score (nSPS) is 16.9. The molecule has 0 saturated carbocycles. The zero-order chi connectivity index (χ0) is 11.0. The van der Waals surface area contributed by atoms with E-state index in [9.17, 15) is 0 Å². The summed E-state index contributed by atoms with van der Waals surface area (Å²) in [4.78, 5) is 10.6. The van der Waals surface area contributed by atoms with Gasteiger partial charge >= 0.3 is 0 Å². The number of nitrogens with two attached hydrogens (primary N) is 1. The van der Waals surface area contributed by atoms with Crippen molar-refractivity contribution in [2.75, 3.05) is 36.8 Å². The minimum Gasteiger partial charge on any atom is -0.459 e. The van der Waals surface area contributed by atoms with Crippen molar-refractivity contribution in [1.82, 2.24) is 15.3 Å². The predicted molar refractivity (Wildman–Crippen MR) is 61.3 cm³/mol. The maximum Gasteiger partial charge on any atom is 0.222 e. The second kappa shape index (κ2) is 3.64. The lowest BCUT2D eigenvalue weighted by Gasteiger charge is -2.28. The van der Waals surface area contributed by atoms with E-state index in [1.165, 1.54) is 0 Å². The molecule has 1 aliphatic rings. The monoisotopic (exact) mass is 219 g/mol. The first-order valence-corrected chi connectivity index (χ1v) is 5.31. The summed E-state index contributed by atoms with van der Waals surface area (Å²) in [5.74, 6) is 1.09. The van der Waals surface area contributed by atoms with Crippen molar-refractivity contribution in [3.05, 3.63) is 12.3 Å². The summed E-state index contributed by atoms with van der Waals surface area (Å²) in [5.41, 5.74) is 7.17. The first-order chi connectivity index (χ1) is 7.84. The molecular formula is C10H13N5O. The van der Waals surface area contributed by atoms with Crippen LogP contribution in [-0.4, -0.2) is 36.1 Å². The Morgan fingerprint density at radius 2 is 2.12 bits per heavy atom. The number of furan rings is 1. The Labute approximate surface area is 92.5 Å². The smallest absolute Gasteiger partial charge is 0.222 e. The molecule has 6 heteroatoms. The molecule has 16 heavy (non-hydrogen) atoms. The second-order valence-electron chi connectivity index (χ2n) is 3.78. The Hall–Kier alpha value is -1.82. The molecule has 0 spiro atoms. The van der Waals surface area contributed by atoms with Gasteiger partial charge in [0, 0.05) is 32.2 Å². The Morgan fingerprint density at radius 1 is 1.31 bits per heavy atom. The quantitative estimate of drug-likeness (QED) is 0.714. The van der Waals surface area contributed by atoms with E-state index < -0.39 is 0 Å². The minimum atomic E-state index is 0.294. The van der Waals surface area contributed by atoms with Crippen LogP contribution in [0.3, 0.4) is 0 Å². The summed E-state index contributed by atoms with van der Waals surface area (Å²) in [6.07, 6.45) is 1.62. The number of nitrogens with one attached hydrogen (secondary N) is 1. The standard InChI is InChI=1S/C10H13N5O/c11-10-13-7-1-6-16-8(7)9(14-10)15-4-2-12-3-5-15/h1,6,12H,2-5H2,(H2,11,13,14). The number of hydrogen-bond acceptors (Lipinski definition) is 6. The Balaban J connectivity index is 2.09. The molecule has 84 valence electrons. The van der Waals surface area contributed by atoms with Gasteiger partial charge in [0.1, 0.15) is 5.52 Å². The van der Waals surface area contributed by atoms with Crippen LogP contribution < -0.4 is 16.0 Å². The van der Waals surface area contributed by atoms with Crippen LogP contribution in [0.15, 0.2) is 16.7 Å². The van der Waals surface area contributed by atoms with Crippen LogP contribution in [0.25, 0.3) is 11.1 Å². The third kappa shape index (κ3) is 1.47. The molecule has 0 aliphatic carbocycles. The fourth-order valence-corrected chi connectivity index (χ4v) is 1.96. The van der Waals surface area contributed by atoms with E-state index in [0.29, 0.717) is 5.95 Å². The van der Waals surface area contributed by atoms with Crippen molar-refractivity contribution in [3.63, 3.8) is 0 Å². The lowest BCUT2D eigenvalue weighted by atomic mass is 10.3. The number of aromatic nitrogens is 2. The number of piperazine rings is 1. The molecule has 3 N–H and O–H groups in total. The van der Waals surface area contributed by atoms with Crippen molar-refractivity contribution in [1.29, 1.82) is 0 Å². The summed E-state index contributed by atoms with van der Waals surface area (Å²) < 4.78 is 5.41. The summed E-state index contributed by atoms with van der Waals surface area (Å²) in [5, 5.41) is 3.29. The molecule has 0 unspecified atom stereocenters. The van der Waals surface area contributed by atoms with Gasteiger partial charge in [-0.3, -0.25) is 0 Å². The van der Waals surface area contributed by atoms with E-state index >= 15 is 0 Å². The maximum atomic E-state index is 5.68. The average Bonchev–Trinajstić information content (AvgIpc) is 2.77. The average molecular weight is 219 g/mol. The van der Waals surface area contributed by atoms with E-state index in [2.05, 4.69) is 20.2 Å². The highest BCUT2D eigenvalue weighted by Gasteiger charge is 2.17. The van der Waals surface area contributed by atoms with Gasteiger partial charge in [0.25, 0.3) is 0 Å². The van der Waals surface area contributed by atoms with Crippen molar-refractivity contribution in [2.24, 2.45) is 0 Å². The molecule has 3 rings (SSSR count). The van der Waals surface area contributed by atoms with Gasteiger partial charge in [-0.1, -0.05) is 0 Å². The summed E-state index contributed by atoms with van der Waals surface area (Å²) >= 11 is 0. The van der Waals surface area contributed by atoms with Gasteiger partial charge in [-0.25, -0.2) is 4.98 Å². The van der Waals surface area contributed by atoms with Crippen LogP contribution in [-0.2, 0) is 0 Å². The van der Waals surface area contributed by atoms with Crippen molar-refractivity contribution >= 4 is 22.9 Å². The third-order valence-electron chi connectivity index (χ3n) is 2.72. The highest BCUT2D eigenvalue weighted by Crippen LogP contribution is 2.25. The third-order valence-corrected chi connectivity index (χ3v) is 2.72. The molecule has 2 aromatic rings. The van der Waals surface area contributed by atoms with Gasteiger partial charge in [-0.05, 0) is 0 Å². The van der Waals surface area contributed by atoms with Crippen LogP contribution in [0.4, 0.5) is 11.8 Å². The molecule has 1 aliphatic heterocycles. The number of hydrogen-bond donors (Lipinski definition) is 2. The maximum absolute atomic E-state index is 5.68. The van der Waals surface area contributed by atoms with Crippen LogP contribution in [0, 0.1) is 0 Å². The molecule has 0 bridgehead atoms. The largest absolute Gasteiger partial charge is 0.459 e. The molecule has 2 aromatic heterocycles. The molecule has 0 aromatic carbocycles. The topological polar surface area (TPSA) is 80.2 Å². The summed E-state index contributed by atoms with van der Waals surface area (Å²) in [6, 6.07) is 1.80.